The lowest BCUT2D eigenvalue weighted by molar-refractivity contribution is 0.102. The van der Waals surface area contributed by atoms with Gasteiger partial charge in [0.2, 0.25) is 0 Å². The first-order valence-corrected chi connectivity index (χ1v) is 8.41. The molecule has 7 heteroatoms. The second kappa shape index (κ2) is 6.66. The normalized spacial score (nSPS) is 10.6. The van der Waals surface area contributed by atoms with Crippen LogP contribution in [0.5, 0.6) is 0 Å². The largest absolute Gasteiger partial charge is 0.306 e. The van der Waals surface area contributed by atoms with Gasteiger partial charge >= 0.3 is 0 Å². The van der Waals surface area contributed by atoms with E-state index in [1.54, 1.807) is 24.5 Å². The maximum atomic E-state index is 12.4. The molecule has 0 bridgehead atoms. The predicted octanol–water partition coefficient (Wildman–Crippen LogP) is 3.85. The number of H-pyrrole nitrogens is 1. The minimum Gasteiger partial charge on any atom is -0.306 e. The van der Waals surface area contributed by atoms with Gasteiger partial charge in [0.25, 0.3) is 5.91 Å². The summed E-state index contributed by atoms with van der Waals surface area (Å²) in [4.78, 5) is 16.4. The Morgan fingerprint density at radius 1 is 1.08 bits per heavy atom. The molecule has 0 spiro atoms. The van der Waals surface area contributed by atoms with Gasteiger partial charge in [-0.05, 0) is 47.4 Å². The fourth-order valence-corrected chi connectivity index (χ4v) is 3.01. The number of nitrogens with zero attached hydrogens (tertiary/aromatic N) is 3. The zero-order valence-corrected chi connectivity index (χ0v) is 13.8. The van der Waals surface area contributed by atoms with E-state index < -0.39 is 0 Å². The third kappa shape index (κ3) is 3.17. The average Bonchev–Trinajstić information content (AvgIpc) is 3.34. The van der Waals surface area contributed by atoms with Crippen LogP contribution in [-0.2, 0) is 0 Å². The lowest BCUT2D eigenvalue weighted by Gasteiger charge is -2.06. The minimum atomic E-state index is -0.200. The molecule has 4 aromatic rings. The second-order valence-electron chi connectivity index (χ2n) is 5.30. The van der Waals surface area contributed by atoms with Gasteiger partial charge in [-0.25, -0.2) is 0 Å². The summed E-state index contributed by atoms with van der Waals surface area (Å²) in [7, 11) is 0. The summed E-state index contributed by atoms with van der Waals surface area (Å²) >= 11 is 1.29. The summed E-state index contributed by atoms with van der Waals surface area (Å²) in [6.45, 7) is 0. The first-order chi connectivity index (χ1) is 12.3. The molecule has 1 amide bonds. The summed E-state index contributed by atoms with van der Waals surface area (Å²) in [5, 5.41) is 11.8. The molecule has 4 rings (SSSR count). The molecule has 2 N–H and O–H groups in total. The Balaban J connectivity index is 1.67. The third-order valence-electron chi connectivity index (χ3n) is 3.71. The van der Waals surface area contributed by atoms with Crippen molar-refractivity contribution in [3.05, 3.63) is 72.0 Å². The molecule has 6 nitrogen and oxygen atoms in total. The molecule has 0 radical (unpaired) electrons. The van der Waals surface area contributed by atoms with E-state index in [0.717, 1.165) is 22.4 Å². The molecular weight excluding hydrogens is 334 g/mol. The molecule has 122 valence electrons. The molecule has 25 heavy (non-hydrogen) atoms. The number of benzene rings is 1. The van der Waals surface area contributed by atoms with Crippen molar-refractivity contribution < 1.29 is 4.79 Å². The standard InChI is InChI=1S/C18H13N5OS/c24-18(21-16-6-9-25-23-16)14-3-1-2-13(10-14)17-15(11-20-22-17)12-4-7-19-8-5-12/h1-11H,(H,20,22)(H,21,23,24). The first kappa shape index (κ1) is 15.2. The summed E-state index contributed by atoms with van der Waals surface area (Å²) in [5.41, 5.74) is 4.17. The topological polar surface area (TPSA) is 83.6 Å². The lowest BCUT2D eigenvalue weighted by Crippen LogP contribution is -2.11. The molecule has 1 aromatic carbocycles. The van der Waals surface area contributed by atoms with Crippen molar-refractivity contribution in [3.8, 4) is 22.4 Å². The fraction of sp³-hybridized carbons (Fsp3) is 0. The van der Waals surface area contributed by atoms with Gasteiger partial charge in [0.15, 0.2) is 0 Å². The van der Waals surface area contributed by atoms with E-state index in [1.165, 1.54) is 11.5 Å². The van der Waals surface area contributed by atoms with Crippen LogP contribution in [0.2, 0.25) is 0 Å². The molecule has 3 heterocycles. The van der Waals surface area contributed by atoms with Gasteiger partial charge in [0.05, 0.1) is 5.69 Å². The molecule has 3 aromatic heterocycles. The quantitative estimate of drug-likeness (QED) is 0.587. The summed E-state index contributed by atoms with van der Waals surface area (Å²) in [6, 6.07) is 13.0. The van der Waals surface area contributed by atoms with Crippen LogP contribution in [0.25, 0.3) is 22.4 Å². The number of anilines is 1. The lowest BCUT2D eigenvalue weighted by atomic mass is 10.0. The smallest absolute Gasteiger partial charge is 0.256 e. The molecule has 0 saturated heterocycles. The Morgan fingerprint density at radius 2 is 1.96 bits per heavy atom. The van der Waals surface area contributed by atoms with Gasteiger partial charge in [-0.1, -0.05) is 12.1 Å². The molecule has 0 aliphatic heterocycles. The average molecular weight is 347 g/mol. The van der Waals surface area contributed by atoms with Gasteiger partial charge in [0.1, 0.15) is 5.82 Å². The molecular formula is C18H13N5OS. The van der Waals surface area contributed by atoms with Gasteiger partial charge in [-0.3, -0.25) is 14.9 Å². The number of amides is 1. The van der Waals surface area contributed by atoms with E-state index in [0.29, 0.717) is 11.4 Å². The van der Waals surface area contributed by atoms with E-state index in [9.17, 15) is 4.79 Å². The zero-order chi connectivity index (χ0) is 17.1. The highest BCUT2D eigenvalue weighted by Gasteiger charge is 2.13. The van der Waals surface area contributed by atoms with Crippen LogP contribution >= 0.6 is 11.5 Å². The van der Waals surface area contributed by atoms with Gasteiger partial charge in [-0.15, -0.1) is 0 Å². The predicted molar refractivity (Wildman–Crippen MR) is 97.3 cm³/mol. The monoisotopic (exact) mass is 347 g/mol. The maximum absolute atomic E-state index is 12.4. The van der Waals surface area contributed by atoms with Gasteiger partial charge < -0.3 is 5.32 Å². The Morgan fingerprint density at radius 3 is 2.76 bits per heavy atom. The summed E-state index contributed by atoms with van der Waals surface area (Å²) in [5.74, 6) is 0.353. The van der Waals surface area contributed by atoms with E-state index in [2.05, 4.69) is 24.9 Å². The molecule has 0 unspecified atom stereocenters. The molecule has 0 fully saturated rings. The number of hydrogen-bond donors (Lipinski definition) is 2. The number of carbonyl (C=O) groups is 1. The number of hydrogen-bond acceptors (Lipinski definition) is 5. The first-order valence-electron chi connectivity index (χ1n) is 7.57. The Kier molecular flexibility index (Phi) is 4.05. The highest BCUT2D eigenvalue weighted by molar-refractivity contribution is 7.03. The second-order valence-corrected chi connectivity index (χ2v) is 5.97. The van der Waals surface area contributed by atoms with E-state index in [-0.39, 0.29) is 5.91 Å². The highest BCUT2D eigenvalue weighted by atomic mass is 32.1. The Hall–Kier alpha value is -3.32. The van der Waals surface area contributed by atoms with E-state index in [4.69, 9.17) is 0 Å². The number of carbonyl (C=O) groups excluding carboxylic acids is 1. The van der Waals surface area contributed by atoms with E-state index in [1.807, 2.05) is 41.9 Å². The van der Waals surface area contributed by atoms with Crippen LogP contribution in [0.15, 0.2) is 66.4 Å². The van der Waals surface area contributed by atoms with Crippen molar-refractivity contribution in [2.75, 3.05) is 5.32 Å². The van der Waals surface area contributed by atoms with Crippen LogP contribution in [0.1, 0.15) is 10.4 Å². The number of pyridine rings is 1. The number of aromatic nitrogens is 4. The zero-order valence-electron chi connectivity index (χ0n) is 13.0. The molecule has 0 saturated carbocycles. The molecule has 0 aliphatic rings. The molecule has 0 atom stereocenters. The van der Waals surface area contributed by atoms with E-state index >= 15 is 0 Å². The van der Waals surface area contributed by atoms with Crippen molar-refractivity contribution in [2.45, 2.75) is 0 Å². The summed E-state index contributed by atoms with van der Waals surface area (Å²) < 4.78 is 4.09. The fourth-order valence-electron chi connectivity index (χ4n) is 2.53. The number of aromatic amines is 1. The SMILES string of the molecule is O=C(Nc1ccsn1)c1cccc(-c2n[nH]cc2-c2ccncc2)c1. The van der Waals surface area contributed by atoms with Crippen molar-refractivity contribution in [3.63, 3.8) is 0 Å². The minimum absolute atomic E-state index is 0.200. The highest BCUT2D eigenvalue weighted by Crippen LogP contribution is 2.30. The summed E-state index contributed by atoms with van der Waals surface area (Å²) in [6.07, 6.45) is 5.32. The third-order valence-corrected chi connectivity index (χ3v) is 4.27. The van der Waals surface area contributed by atoms with Crippen LogP contribution in [-0.4, -0.2) is 25.5 Å². The van der Waals surface area contributed by atoms with Crippen LogP contribution in [0.3, 0.4) is 0 Å². The maximum Gasteiger partial charge on any atom is 0.256 e. The Bertz CT molecular complexity index is 995. The van der Waals surface area contributed by atoms with Crippen molar-refractivity contribution >= 4 is 23.3 Å². The van der Waals surface area contributed by atoms with Gasteiger partial charge in [-0.2, -0.15) is 9.47 Å². The molecule has 0 aliphatic carbocycles. The van der Waals surface area contributed by atoms with Gasteiger partial charge in [0, 0.05) is 40.7 Å². The van der Waals surface area contributed by atoms with Crippen LogP contribution in [0.4, 0.5) is 5.82 Å². The van der Waals surface area contributed by atoms with Crippen molar-refractivity contribution in [1.29, 1.82) is 0 Å². The van der Waals surface area contributed by atoms with Crippen LogP contribution < -0.4 is 5.32 Å². The van der Waals surface area contributed by atoms with Crippen molar-refractivity contribution in [1.82, 2.24) is 19.6 Å². The van der Waals surface area contributed by atoms with Crippen molar-refractivity contribution in [2.24, 2.45) is 0 Å². The number of rotatable bonds is 4. The Labute approximate surface area is 147 Å². The number of nitrogens with one attached hydrogen (secondary N) is 2. The van der Waals surface area contributed by atoms with Crippen LogP contribution in [0, 0.1) is 0 Å².